The molecule has 2 aromatic heterocycles. The molecule has 0 aromatic carbocycles. The summed E-state index contributed by atoms with van der Waals surface area (Å²) in [5.41, 5.74) is 1.69. The number of carbonyl (C=O) groups excluding carboxylic acids is 1. The van der Waals surface area contributed by atoms with Gasteiger partial charge in [-0.05, 0) is 24.8 Å². The molecule has 1 N–H and O–H groups in total. The van der Waals surface area contributed by atoms with Crippen LogP contribution in [-0.2, 0) is 16.0 Å². The van der Waals surface area contributed by atoms with E-state index in [9.17, 15) is 9.59 Å². The Bertz CT molecular complexity index is 672. The molecule has 0 aliphatic carbocycles. The van der Waals surface area contributed by atoms with E-state index in [4.69, 9.17) is 9.52 Å². The van der Waals surface area contributed by atoms with Gasteiger partial charge < -0.3 is 14.4 Å². The van der Waals surface area contributed by atoms with Gasteiger partial charge in [-0.3, -0.25) is 9.59 Å². The van der Waals surface area contributed by atoms with E-state index in [2.05, 4.69) is 4.98 Å². The van der Waals surface area contributed by atoms with Crippen molar-refractivity contribution < 1.29 is 19.1 Å². The average Bonchev–Trinajstić information content (AvgIpc) is 3.18. The van der Waals surface area contributed by atoms with Crippen LogP contribution in [0.4, 0.5) is 0 Å². The van der Waals surface area contributed by atoms with Gasteiger partial charge in [0.2, 0.25) is 5.91 Å². The van der Waals surface area contributed by atoms with Crippen LogP contribution in [0.1, 0.15) is 25.0 Å². The third-order valence-electron chi connectivity index (χ3n) is 4.08. The van der Waals surface area contributed by atoms with Crippen molar-refractivity contribution in [2.24, 2.45) is 5.92 Å². The van der Waals surface area contributed by atoms with E-state index >= 15 is 0 Å². The van der Waals surface area contributed by atoms with Crippen LogP contribution in [0.5, 0.6) is 0 Å². The van der Waals surface area contributed by atoms with Crippen LogP contribution in [0.25, 0.3) is 10.6 Å². The SMILES string of the molecule is O=C(O)CC1CCN(C(=O)Cc2csc(-c3ccoc3)n2)CC1. The Morgan fingerprint density at radius 1 is 1.39 bits per heavy atom. The molecule has 1 aliphatic rings. The second-order valence-corrected chi connectivity index (χ2v) is 6.61. The molecule has 1 aliphatic heterocycles. The standard InChI is InChI=1S/C16H18N2O4S/c19-14(18-4-1-11(2-5-18)7-15(20)21)8-13-10-23-16(17-13)12-3-6-22-9-12/h3,6,9-11H,1-2,4-5,7-8H2,(H,20,21). The molecule has 0 atom stereocenters. The molecule has 0 bridgehead atoms. The first-order valence-corrected chi connectivity index (χ1v) is 8.46. The van der Waals surface area contributed by atoms with Crippen molar-refractivity contribution >= 4 is 23.2 Å². The molecule has 1 amide bonds. The molecular formula is C16H18N2O4S. The number of rotatable bonds is 5. The summed E-state index contributed by atoms with van der Waals surface area (Å²) in [6.45, 7) is 1.27. The molecule has 0 radical (unpaired) electrons. The highest BCUT2D eigenvalue weighted by atomic mass is 32.1. The number of carboxylic acid groups (broad SMARTS) is 1. The Balaban J connectivity index is 1.53. The van der Waals surface area contributed by atoms with Crippen LogP contribution < -0.4 is 0 Å². The summed E-state index contributed by atoms with van der Waals surface area (Å²) in [6.07, 6.45) is 5.24. The first-order chi connectivity index (χ1) is 11.1. The molecular weight excluding hydrogens is 316 g/mol. The van der Waals surface area contributed by atoms with Crippen LogP contribution in [0.3, 0.4) is 0 Å². The van der Waals surface area contributed by atoms with Crippen molar-refractivity contribution in [3.8, 4) is 10.6 Å². The topological polar surface area (TPSA) is 83.6 Å². The van der Waals surface area contributed by atoms with E-state index in [1.807, 2.05) is 16.3 Å². The first-order valence-electron chi connectivity index (χ1n) is 7.58. The molecule has 1 saturated heterocycles. The van der Waals surface area contributed by atoms with Crippen LogP contribution in [0, 0.1) is 5.92 Å². The minimum absolute atomic E-state index is 0.0582. The summed E-state index contributed by atoms with van der Waals surface area (Å²) in [4.78, 5) is 29.4. The van der Waals surface area contributed by atoms with Crippen molar-refractivity contribution in [2.45, 2.75) is 25.7 Å². The van der Waals surface area contributed by atoms with Gasteiger partial charge in [-0.25, -0.2) is 4.98 Å². The van der Waals surface area contributed by atoms with Crippen LogP contribution in [0.2, 0.25) is 0 Å². The quantitative estimate of drug-likeness (QED) is 0.909. The number of hydrogen-bond acceptors (Lipinski definition) is 5. The highest BCUT2D eigenvalue weighted by Gasteiger charge is 2.24. The Hall–Kier alpha value is -2.15. The summed E-state index contributed by atoms with van der Waals surface area (Å²) < 4.78 is 5.04. The summed E-state index contributed by atoms with van der Waals surface area (Å²) in [5.74, 6) is -0.518. The summed E-state index contributed by atoms with van der Waals surface area (Å²) in [6, 6.07) is 1.84. The number of amides is 1. The Morgan fingerprint density at radius 3 is 2.83 bits per heavy atom. The molecule has 0 saturated carbocycles. The Morgan fingerprint density at radius 2 is 2.17 bits per heavy atom. The number of piperidine rings is 1. The van der Waals surface area contributed by atoms with Crippen molar-refractivity contribution in [2.75, 3.05) is 13.1 Å². The lowest BCUT2D eigenvalue weighted by molar-refractivity contribution is -0.138. The summed E-state index contributed by atoms with van der Waals surface area (Å²) in [7, 11) is 0. The van der Waals surface area contributed by atoms with E-state index < -0.39 is 5.97 Å². The van der Waals surface area contributed by atoms with Gasteiger partial charge in [-0.2, -0.15) is 0 Å². The van der Waals surface area contributed by atoms with Gasteiger partial charge in [0.05, 0.1) is 18.4 Å². The maximum absolute atomic E-state index is 12.3. The number of nitrogens with zero attached hydrogens (tertiary/aromatic N) is 2. The molecule has 7 heteroatoms. The number of aliphatic carboxylic acids is 1. The third-order valence-corrected chi connectivity index (χ3v) is 5.02. The minimum Gasteiger partial charge on any atom is -0.481 e. The molecule has 2 aromatic rings. The molecule has 0 spiro atoms. The Labute approximate surface area is 137 Å². The first kappa shape index (κ1) is 15.7. The maximum Gasteiger partial charge on any atom is 0.303 e. The number of carbonyl (C=O) groups is 2. The third kappa shape index (κ3) is 3.98. The zero-order valence-corrected chi connectivity index (χ0v) is 13.4. The average molecular weight is 334 g/mol. The smallest absolute Gasteiger partial charge is 0.303 e. The van der Waals surface area contributed by atoms with Crippen molar-refractivity contribution in [1.82, 2.24) is 9.88 Å². The van der Waals surface area contributed by atoms with E-state index in [0.29, 0.717) is 13.1 Å². The largest absolute Gasteiger partial charge is 0.481 e. The number of aromatic nitrogens is 1. The fraction of sp³-hybridized carbons (Fsp3) is 0.438. The normalized spacial score (nSPS) is 15.7. The molecule has 122 valence electrons. The number of likely N-dealkylation sites (tertiary alicyclic amines) is 1. The molecule has 3 heterocycles. The highest BCUT2D eigenvalue weighted by Crippen LogP contribution is 2.25. The zero-order valence-electron chi connectivity index (χ0n) is 12.6. The summed E-state index contributed by atoms with van der Waals surface area (Å²) >= 11 is 1.50. The maximum atomic E-state index is 12.3. The molecule has 1 fully saturated rings. The van der Waals surface area contributed by atoms with Gasteiger partial charge >= 0.3 is 5.97 Å². The monoisotopic (exact) mass is 334 g/mol. The van der Waals surface area contributed by atoms with Crippen LogP contribution in [0.15, 0.2) is 28.4 Å². The van der Waals surface area contributed by atoms with Gasteiger partial charge in [0.15, 0.2) is 0 Å². The van der Waals surface area contributed by atoms with Gasteiger partial charge in [0.1, 0.15) is 11.3 Å². The Kier molecular flexibility index (Phi) is 4.76. The lowest BCUT2D eigenvalue weighted by Gasteiger charge is -2.31. The second kappa shape index (κ2) is 6.95. The minimum atomic E-state index is -0.760. The van der Waals surface area contributed by atoms with E-state index in [1.54, 1.807) is 12.5 Å². The molecule has 23 heavy (non-hydrogen) atoms. The van der Waals surface area contributed by atoms with Gasteiger partial charge in [0.25, 0.3) is 0 Å². The lowest BCUT2D eigenvalue weighted by Crippen LogP contribution is -2.39. The van der Waals surface area contributed by atoms with Gasteiger partial charge in [-0.15, -0.1) is 11.3 Å². The fourth-order valence-corrected chi connectivity index (χ4v) is 3.61. The van der Waals surface area contributed by atoms with Gasteiger partial charge in [0, 0.05) is 30.5 Å². The number of carboxylic acids is 1. The number of thiazole rings is 1. The van der Waals surface area contributed by atoms with Crippen LogP contribution in [-0.4, -0.2) is 40.0 Å². The number of hydrogen-bond donors (Lipinski definition) is 1. The van der Waals surface area contributed by atoms with Crippen molar-refractivity contribution in [3.63, 3.8) is 0 Å². The van der Waals surface area contributed by atoms with Crippen molar-refractivity contribution in [3.05, 3.63) is 29.7 Å². The lowest BCUT2D eigenvalue weighted by atomic mass is 9.93. The molecule has 0 unspecified atom stereocenters. The predicted molar refractivity (Wildman–Crippen MR) is 85.1 cm³/mol. The highest BCUT2D eigenvalue weighted by molar-refractivity contribution is 7.13. The predicted octanol–water partition coefficient (Wildman–Crippen LogP) is 2.66. The summed E-state index contributed by atoms with van der Waals surface area (Å²) in [5, 5.41) is 11.6. The zero-order chi connectivity index (χ0) is 16.2. The fourth-order valence-electron chi connectivity index (χ4n) is 2.81. The second-order valence-electron chi connectivity index (χ2n) is 5.75. The molecule has 3 rings (SSSR count). The van der Waals surface area contributed by atoms with Gasteiger partial charge in [-0.1, -0.05) is 0 Å². The van der Waals surface area contributed by atoms with Crippen molar-refractivity contribution in [1.29, 1.82) is 0 Å². The molecule has 6 nitrogen and oxygen atoms in total. The van der Waals surface area contributed by atoms with E-state index in [0.717, 1.165) is 29.1 Å². The number of furan rings is 1. The van der Waals surface area contributed by atoms with E-state index in [1.165, 1.54) is 11.3 Å². The van der Waals surface area contributed by atoms with E-state index in [-0.39, 0.29) is 24.7 Å². The van der Waals surface area contributed by atoms with Crippen LogP contribution >= 0.6 is 11.3 Å².